The number of rotatable bonds is 6. The zero-order valence-corrected chi connectivity index (χ0v) is 7.92. The van der Waals surface area contributed by atoms with Gasteiger partial charge in [0.1, 0.15) is 0 Å². The molecule has 0 amide bonds. The summed E-state index contributed by atoms with van der Waals surface area (Å²) in [6, 6.07) is -0.186. The fourth-order valence-corrected chi connectivity index (χ4v) is 1.06. The molecular formula is C9H19NO2. The molecule has 0 bridgehead atoms. The van der Waals surface area contributed by atoms with Crippen LogP contribution < -0.4 is 5.73 Å². The molecule has 0 aromatic heterocycles. The number of aliphatic carboxylic acids is 1. The standard InChI is InChI=1S/C9H19NO2/c1-3-4-5-6-8(10)7(2)9(11)12/h7-8H,3-6,10H2,1-2H3,(H,11,12)/t7-,8-/m1/s1. The third-order valence-electron chi connectivity index (χ3n) is 2.17. The van der Waals surface area contributed by atoms with Gasteiger partial charge in [0.25, 0.3) is 0 Å². The molecule has 0 aliphatic heterocycles. The fourth-order valence-electron chi connectivity index (χ4n) is 1.06. The molecule has 72 valence electrons. The molecule has 12 heavy (non-hydrogen) atoms. The Morgan fingerprint density at radius 1 is 1.50 bits per heavy atom. The fraction of sp³-hybridized carbons (Fsp3) is 0.889. The summed E-state index contributed by atoms with van der Waals surface area (Å²) in [7, 11) is 0. The van der Waals surface area contributed by atoms with Crippen molar-refractivity contribution >= 4 is 5.97 Å². The predicted octanol–water partition coefficient (Wildman–Crippen LogP) is 1.61. The lowest BCUT2D eigenvalue weighted by molar-refractivity contribution is -0.141. The summed E-state index contributed by atoms with van der Waals surface area (Å²) in [6.45, 7) is 3.78. The minimum absolute atomic E-state index is 0.186. The number of unbranched alkanes of at least 4 members (excludes halogenated alkanes) is 2. The van der Waals surface area contributed by atoms with Gasteiger partial charge in [0.2, 0.25) is 0 Å². The molecule has 0 radical (unpaired) electrons. The minimum atomic E-state index is -0.793. The lowest BCUT2D eigenvalue weighted by Crippen LogP contribution is -2.33. The molecule has 0 rings (SSSR count). The van der Waals surface area contributed by atoms with E-state index in [9.17, 15) is 4.79 Å². The van der Waals surface area contributed by atoms with Crippen molar-refractivity contribution in [1.29, 1.82) is 0 Å². The maximum absolute atomic E-state index is 10.5. The minimum Gasteiger partial charge on any atom is -0.481 e. The molecule has 0 spiro atoms. The second-order valence-corrected chi connectivity index (χ2v) is 3.29. The van der Waals surface area contributed by atoms with Crippen molar-refractivity contribution in [2.24, 2.45) is 11.7 Å². The highest BCUT2D eigenvalue weighted by molar-refractivity contribution is 5.70. The predicted molar refractivity (Wildman–Crippen MR) is 48.9 cm³/mol. The Balaban J connectivity index is 3.56. The molecule has 0 saturated heterocycles. The summed E-state index contributed by atoms with van der Waals surface area (Å²) < 4.78 is 0. The van der Waals surface area contributed by atoms with Crippen LogP contribution in [-0.2, 0) is 4.79 Å². The van der Waals surface area contributed by atoms with Gasteiger partial charge in [0.15, 0.2) is 0 Å². The Bertz CT molecular complexity index is 136. The quantitative estimate of drug-likeness (QED) is 0.600. The number of nitrogens with two attached hydrogens (primary N) is 1. The van der Waals surface area contributed by atoms with Crippen LogP contribution >= 0.6 is 0 Å². The van der Waals surface area contributed by atoms with E-state index in [1.807, 2.05) is 0 Å². The molecule has 0 aromatic carbocycles. The van der Waals surface area contributed by atoms with E-state index in [1.165, 1.54) is 0 Å². The van der Waals surface area contributed by atoms with E-state index < -0.39 is 11.9 Å². The third kappa shape index (κ3) is 4.34. The van der Waals surface area contributed by atoms with Gasteiger partial charge in [0, 0.05) is 6.04 Å². The molecule has 3 heteroatoms. The van der Waals surface area contributed by atoms with E-state index in [2.05, 4.69) is 6.92 Å². The second-order valence-electron chi connectivity index (χ2n) is 3.29. The first-order valence-corrected chi connectivity index (χ1v) is 4.58. The molecule has 0 fully saturated rings. The van der Waals surface area contributed by atoms with Gasteiger partial charge in [-0.25, -0.2) is 0 Å². The molecule has 0 saturated carbocycles. The van der Waals surface area contributed by atoms with Crippen LogP contribution in [0.25, 0.3) is 0 Å². The van der Waals surface area contributed by atoms with Gasteiger partial charge in [-0.2, -0.15) is 0 Å². The topological polar surface area (TPSA) is 63.3 Å². The van der Waals surface area contributed by atoms with Crippen LogP contribution in [0, 0.1) is 5.92 Å². The zero-order chi connectivity index (χ0) is 9.56. The molecule has 2 atom stereocenters. The molecule has 3 nitrogen and oxygen atoms in total. The number of hydrogen-bond acceptors (Lipinski definition) is 2. The van der Waals surface area contributed by atoms with E-state index in [-0.39, 0.29) is 6.04 Å². The van der Waals surface area contributed by atoms with Gasteiger partial charge in [-0.05, 0) is 6.42 Å². The average molecular weight is 173 g/mol. The van der Waals surface area contributed by atoms with Crippen molar-refractivity contribution in [2.75, 3.05) is 0 Å². The van der Waals surface area contributed by atoms with E-state index in [0.29, 0.717) is 0 Å². The number of carbonyl (C=O) groups is 1. The maximum Gasteiger partial charge on any atom is 0.307 e. The van der Waals surface area contributed by atoms with Crippen LogP contribution in [0.1, 0.15) is 39.5 Å². The molecular weight excluding hydrogens is 154 g/mol. The summed E-state index contributed by atoms with van der Waals surface area (Å²) in [4.78, 5) is 10.5. The number of carboxylic acids is 1. The Morgan fingerprint density at radius 2 is 2.08 bits per heavy atom. The Hall–Kier alpha value is -0.570. The molecule has 0 heterocycles. The van der Waals surface area contributed by atoms with Crippen LogP contribution in [0.15, 0.2) is 0 Å². The number of hydrogen-bond donors (Lipinski definition) is 2. The zero-order valence-electron chi connectivity index (χ0n) is 7.92. The second kappa shape index (κ2) is 6.00. The summed E-state index contributed by atoms with van der Waals surface area (Å²) in [5, 5.41) is 8.63. The normalized spacial score (nSPS) is 15.6. The monoisotopic (exact) mass is 173 g/mol. The highest BCUT2D eigenvalue weighted by Crippen LogP contribution is 2.09. The van der Waals surface area contributed by atoms with E-state index in [1.54, 1.807) is 6.92 Å². The smallest absolute Gasteiger partial charge is 0.307 e. The van der Waals surface area contributed by atoms with Gasteiger partial charge < -0.3 is 10.8 Å². The van der Waals surface area contributed by atoms with Gasteiger partial charge in [-0.15, -0.1) is 0 Å². The Kier molecular flexibility index (Phi) is 5.72. The van der Waals surface area contributed by atoms with Crippen molar-refractivity contribution in [3.63, 3.8) is 0 Å². The van der Waals surface area contributed by atoms with Gasteiger partial charge in [-0.3, -0.25) is 4.79 Å². The van der Waals surface area contributed by atoms with Crippen molar-refractivity contribution in [3.8, 4) is 0 Å². The highest BCUT2D eigenvalue weighted by Gasteiger charge is 2.18. The largest absolute Gasteiger partial charge is 0.481 e. The van der Waals surface area contributed by atoms with Crippen molar-refractivity contribution in [1.82, 2.24) is 0 Å². The molecule has 0 aliphatic rings. The van der Waals surface area contributed by atoms with E-state index >= 15 is 0 Å². The van der Waals surface area contributed by atoms with Crippen LogP contribution in [0.4, 0.5) is 0 Å². The van der Waals surface area contributed by atoms with Crippen LogP contribution in [-0.4, -0.2) is 17.1 Å². The Labute approximate surface area is 74.0 Å². The molecule has 0 aliphatic carbocycles. The Morgan fingerprint density at radius 3 is 2.50 bits per heavy atom. The summed E-state index contributed by atoms with van der Waals surface area (Å²) >= 11 is 0. The van der Waals surface area contributed by atoms with Crippen molar-refractivity contribution in [3.05, 3.63) is 0 Å². The average Bonchev–Trinajstić information content (AvgIpc) is 2.03. The first-order valence-electron chi connectivity index (χ1n) is 4.58. The molecule has 3 N–H and O–H groups in total. The summed E-state index contributed by atoms with van der Waals surface area (Å²) in [5.74, 6) is -1.21. The van der Waals surface area contributed by atoms with E-state index in [0.717, 1.165) is 25.7 Å². The van der Waals surface area contributed by atoms with Crippen molar-refractivity contribution in [2.45, 2.75) is 45.6 Å². The van der Waals surface area contributed by atoms with Gasteiger partial charge >= 0.3 is 5.97 Å². The molecule has 0 unspecified atom stereocenters. The van der Waals surface area contributed by atoms with Gasteiger partial charge in [0.05, 0.1) is 5.92 Å². The highest BCUT2D eigenvalue weighted by atomic mass is 16.4. The first-order chi connectivity index (χ1) is 5.59. The maximum atomic E-state index is 10.5. The SMILES string of the molecule is CCCCC[C@@H](N)[C@@H](C)C(=O)O. The lowest BCUT2D eigenvalue weighted by atomic mass is 9.97. The number of carboxylic acid groups (broad SMARTS) is 1. The summed E-state index contributed by atoms with van der Waals surface area (Å²) in [5.41, 5.74) is 5.68. The van der Waals surface area contributed by atoms with Gasteiger partial charge in [-0.1, -0.05) is 33.1 Å². The lowest BCUT2D eigenvalue weighted by Gasteiger charge is -2.15. The van der Waals surface area contributed by atoms with Crippen LogP contribution in [0.2, 0.25) is 0 Å². The first kappa shape index (κ1) is 11.4. The third-order valence-corrected chi connectivity index (χ3v) is 2.17. The van der Waals surface area contributed by atoms with Crippen LogP contribution in [0.3, 0.4) is 0 Å². The molecule has 0 aromatic rings. The van der Waals surface area contributed by atoms with E-state index in [4.69, 9.17) is 10.8 Å². The van der Waals surface area contributed by atoms with Crippen LogP contribution in [0.5, 0.6) is 0 Å². The summed E-state index contributed by atoms with van der Waals surface area (Å²) in [6.07, 6.45) is 4.14. The van der Waals surface area contributed by atoms with Crippen molar-refractivity contribution < 1.29 is 9.90 Å².